The summed E-state index contributed by atoms with van der Waals surface area (Å²) in [7, 11) is -3.59. The van der Waals surface area contributed by atoms with Crippen LogP contribution < -0.4 is 21.6 Å². The Morgan fingerprint density at radius 3 is 2.39 bits per heavy atom. The van der Waals surface area contributed by atoms with Crippen LogP contribution >= 0.6 is 0 Å². The molecule has 0 spiro atoms. The number of alkyl halides is 3. The zero-order chi connectivity index (χ0) is 36.2. The molecule has 2 aromatic heterocycles. The number of pyridine rings is 2. The summed E-state index contributed by atoms with van der Waals surface area (Å²) in [6.45, 7) is 11.1. The van der Waals surface area contributed by atoms with Crippen LogP contribution in [0.3, 0.4) is 0 Å². The van der Waals surface area contributed by atoms with Crippen molar-refractivity contribution in [3.8, 4) is 17.9 Å². The van der Waals surface area contributed by atoms with Crippen molar-refractivity contribution in [1.29, 1.82) is 5.26 Å². The molecule has 0 unspecified atom stereocenters. The maximum Gasteiger partial charge on any atom is 0.413 e. The lowest BCUT2D eigenvalue weighted by atomic mass is 9.96. The first-order valence-electron chi connectivity index (χ1n) is 15.5. The molecule has 4 N–H and O–H groups in total. The Bertz CT molecular complexity index is 2050. The van der Waals surface area contributed by atoms with Gasteiger partial charge in [0.05, 0.1) is 34.1 Å². The fourth-order valence-electron chi connectivity index (χ4n) is 5.24. The minimum atomic E-state index is -4.49. The molecule has 1 aromatic carbocycles. The maximum absolute atomic E-state index is 14.1. The second-order valence-electron chi connectivity index (χ2n) is 14.1. The number of benzene rings is 1. The number of nitriles is 1. The maximum atomic E-state index is 14.1. The van der Waals surface area contributed by atoms with Crippen molar-refractivity contribution < 1.29 is 26.0 Å². The van der Waals surface area contributed by atoms with Gasteiger partial charge in [-0.25, -0.2) is 13.4 Å². The van der Waals surface area contributed by atoms with Crippen molar-refractivity contribution in [2.24, 2.45) is 5.41 Å². The predicted octanol–water partition coefficient (Wildman–Crippen LogP) is 6.00. The highest BCUT2D eigenvalue weighted by atomic mass is 32.2. The van der Waals surface area contributed by atoms with E-state index in [1.54, 1.807) is 19.1 Å². The molecule has 2 aliphatic rings. The van der Waals surface area contributed by atoms with Gasteiger partial charge in [0, 0.05) is 47.5 Å². The van der Waals surface area contributed by atoms with Gasteiger partial charge >= 0.3 is 6.18 Å². The van der Waals surface area contributed by atoms with E-state index in [1.807, 2.05) is 20.8 Å². The smallest absolute Gasteiger partial charge is 0.383 e. The molecule has 3 heterocycles. The summed E-state index contributed by atoms with van der Waals surface area (Å²) < 4.78 is 79.8. The Hall–Kier alpha value is -4.60. The molecule has 10 nitrogen and oxygen atoms in total. The number of anilines is 2. The summed E-state index contributed by atoms with van der Waals surface area (Å²) in [4.78, 5) is 8.47. The van der Waals surface area contributed by atoms with Gasteiger partial charge in [-0.15, -0.1) is 5.53 Å². The quantitative estimate of drug-likeness (QED) is 0.126. The van der Waals surface area contributed by atoms with E-state index in [9.17, 15) is 31.2 Å². The molecular formula is C34H38F4N8O2S. The summed E-state index contributed by atoms with van der Waals surface area (Å²) >= 11 is 0. The van der Waals surface area contributed by atoms with E-state index >= 15 is 0 Å². The van der Waals surface area contributed by atoms with Crippen LogP contribution in [0, 0.1) is 41.5 Å². The van der Waals surface area contributed by atoms with E-state index in [4.69, 9.17) is 0 Å². The van der Waals surface area contributed by atoms with Crippen molar-refractivity contribution in [2.45, 2.75) is 76.9 Å². The average Bonchev–Trinajstić information content (AvgIpc) is 3.68. The highest BCUT2D eigenvalue weighted by molar-refractivity contribution is 7.92. The lowest BCUT2D eigenvalue weighted by Crippen LogP contribution is -2.52. The molecule has 0 saturated heterocycles. The number of nitrogens with one attached hydrogen (secondary N) is 4. The second-order valence-corrected chi connectivity index (χ2v) is 16.7. The molecule has 1 aliphatic carbocycles. The first kappa shape index (κ1) is 35.7. The van der Waals surface area contributed by atoms with Crippen molar-refractivity contribution in [1.82, 2.24) is 25.9 Å². The number of sulfone groups is 1. The van der Waals surface area contributed by atoms with Gasteiger partial charge in [-0.05, 0) is 57.2 Å². The van der Waals surface area contributed by atoms with Crippen molar-refractivity contribution in [3.05, 3.63) is 70.7 Å². The molecule has 5 rings (SSSR count). The van der Waals surface area contributed by atoms with Crippen LogP contribution in [0.5, 0.6) is 0 Å². The van der Waals surface area contributed by atoms with Gasteiger partial charge in [0.2, 0.25) is 5.95 Å². The lowest BCUT2D eigenvalue weighted by molar-refractivity contribution is -0.195. The molecule has 49 heavy (non-hydrogen) atoms. The fraction of sp³-hybridized carbons (Fsp3) is 0.441. The summed E-state index contributed by atoms with van der Waals surface area (Å²) in [6, 6.07) is 7.34. The van der Waals surface area contributed by atoms with E-state index in [-0.39, 0.29) is 23.8 Å². The number of hydrazine groups is 2. The van der Waals surface area contributed by atoms with Crippen LogP contribution in [0.2, 0.25) is 0 Å². The van der Waals surface area contributed by atoms with Gasteiger partial charge < -0.3 is 16.1 Å². The number of aryl methyl sites for hydroxylation is 1. The van der Waals surface area contributed by atoms with Gasteiger partial charge in [0.25, 0.3) is 0 Å². The predicted molar refractivity (Wildman–Crippen MR) is 180 cm³/mol. The molecule has 3 aromatic rings. The zero-order valence-electron chi connectivity index (χ0n) is 28.2. The highest BCUT2D eigenvalue weighted by Crippen LogP contribution is 2.53. The van der Waals surface area contributed by atoms with E-state index < -0.39 is 38.3 Å². The molecular weight excluding hydrogens is 660 g/mol. The Balaban J connectivity index is 1.70. The molecule has 1 aliphatic heterocycles. The van der Waals surface area contributed by atoms with Gasteiger partial charge in [0.1, 0.15) is 10.8 Å². The largest absolute Gasteiger partial charge is 0.413 e. The van der Waals surface area contributed by atoms with Crippen LogP contribution in [0.4, 0.5) is 28.9 Å². The van der Waals surface area contributed by atoms with Crippen LogP contribution in [0.1, 0.15) is 75.9 Å². The van der Waals surface area contributed by atoms with E-state index in [2.05, 4.69) is 49.5 Å². The first-order chi connectivity index (χ1) is 22.7. The minimum absolute atomic E-state index is 0.0840. The highest BCUT2D eigenvalue weighted by Gasteiger charge is 2.67. The van der Waals surface area contributed by atoms with E-state index in [0.29, 0.717) is 51.3 Å². The molecule has 1 saturated carbocycles. The second kappa shape index (κ2) is 12.4. The third-order valence-electron chi connectivity index (χ3n) is 8.64. The van der Waals surface area contributed by atoms with Crippen molar-refractivity contribution >= 4 is 32.1 Å². The SMILES string of the molecule is Cc1nc(F)ccc1[C@H](Nc1cc(C#CC(C)(C)S(C)(=O)=O)c2ncc(C#N)c(NCC(C)(C)C)c2c1)C1=CN(C2(C(F)(F)F)CC2)NN1. The Labute approximate surface area is 283 Å². The Kier molecular flexibility index (Phi) is 9.02. The third-order valence-corrected chi connectivity index (χ3v) is 10.6. The summed E-state index contributed by atoms with van der Waals surface area (Å²) in [5.41, 5.74) is 6.23. The molecule has 15 heteroatoms. The zero-order valence-corrected chi connectivity index (χ0v) is 29.0. The number of hydrogen-bond donors (Lipinski definition) is 4. The van der Waals surface area contributed by atoms with Gasteiger partial charge in [-0.2, -0.15) is 22.8 Å². The van der Waals surface area contributed by atoms with Crippen LogP contribution in [0.15, 0.2) is 42.4 Å². The summed E-state index contributed by atoms with van der Waals surface area (Å²) in [5, 5.41) is 18.2. The fourth-order valence-corrected chi connectivity index (χ4v) is 5.48. The molecule has 1 atom stereocenters. The lowest BCUT2D eigenvalue weighted by Gasteiger charge is -2.28. The Morgan fingerprint density at radius 2 is 1.82 bits per heavy atom. The van der Waals surface area contributed by atoms with Crippen LogP contribution in [-0.2, 0) is 9.84 Å². The summed E-state index contributed by atoms with van der Waals surface area (Å²) in [6.07, 6.45) is -0.803. The monoisotopic (exact) mass is 698 g/mol. The first-order valence-corrected chi connectivity index (χ1v) is 17.4. The molecule has 0 bridgehead atoms. The molecule has 1 fully saturated rings. The van der Waals surface area contributed by atoms with Crippen LogP contribution in [0.25, 0.3) is 10.9 Å². The number of hydrogen-bond acceptors (Lipinski definition) is 10. The van der Waals surface area contributed by atoms with Crippen molar-refractivity contribution in [3.63, 3.8) is 0 Å². The number of nitrogens with zero attached hydrogens (tertiary/aromatic N) is 4. The number of aromatic nitrogens is 2. The average molecular weight is 699 g/mol. The third kappa shape index (κ3) is 7.23. The van der Waals surface area contributed by atoms with E-state index in [0.717, 1.165) is 17.3 Å². The number of halogens is 4. The topological polar surface area (TPSA) is 135 Å². The number of fused-ring (bicyclic) bond motifs is 1. The number of rotatable bonds is 8. The molecule has 260 valence electrons. The van der Waals surface area contributed by atoms with Crippen LogP contribution in [-0.4, -0.2) is 52.7 Å². The Morgan fingerprint density at radius 1 is 1.12 bits per heavy atom. The summed E-state index contributed by atoms with van der Waals surface area (Å²) in [5.74, 6) is 5.11. The van der Waals surface area contributed by atoms with Crippen molar-refractivity contribution in [2.75, 3.05) is 23.4 Å². The van der Waals surface area contributed by atoms with Gasteiger partial charge in [-0.3, -0.25) is 9.99 Å². The normalized spacial score (nSPS) is 16.6. The molecule has 0 amide bonds. The standard InChI is InChI=1S/C34H38F4N8O2S/c1-20-24(8-9-27(35)42-20)30(26-18-46(45-44-26)33(12-13-33)34(36,37)38)43-23-14-21(10-11-32(5,6)49(7,47)48)28-25(15-23)29(22(16-39)17-40-28)41-19-31(2,3)4/h8-9,14-15,17-18,30,43-45H,12-13,19H2,1-7H3,(H,40,41)/t30-/m0/s1. The molecule has 0 radical (unpaired) electrons. The van der Waals surface area contributed by atoms with Gasteiger partial charge in [0.15, 0.2) is 15.4 Å². The minimum Gasteiger partial charge on any atom is -0.383 e. The van der Waals surface area contributed by atoms with E-state index in [1.165, 1.54) is 32.3 Å². The van der Waals surface area contributed by atoms with Gasteiger partial charge in [-0.1, -0.05) is 38.7 Å².